The predicted molar refractivity (Wildman–Crippen MR) is 61.7 cm³/mol. The number of likely N-dealkylation sites (N-methyl/N-ethyl adjacent to an activating group) is 1. The molecule has 0 aliphatic heterocycles. The third-order valence-electron chi connectivity index (χ3n) is 2.29. The molecule has 0 aliphatic rings. The van der Waals surface area contributed by atoms with Crippen LogP contribution in [0.1, 0.15) is 19.5 Å². The minimum absolute atomic E-state index is 0.118. The lowest BCUT2D eigenvalue weighted by atomic mass is 10.3. The van der Waals surface area contributed by atoms with Crippen LogP contribution in [-0.2, 0) is 11.3 Å². The number of nitrogens with one attached hydrogen (secondary N) is 1. The number of hydrogen-bond donors (Lipinski definition) is 1. The van der Waals surface area contributed by atoms with Gasteiger partial charge in [0.2, 0.25) is 5.91 Å². The molecule has 1 heterocycles. The first-order valence-electron chi connectivity index (χ1n) is 5.00. The summed E-state index contributed by atoms with van der Waals surface area (Å²) in [6.45, 7) is 5.22. The summed E-state index contributed by atoms with van der Waals surface area (Å²) in [7, 11) is 1.81. The Labute approximate surface area is 94.3 Å². The lowest BCUT2D eigenvalue weighted by Crippen LogP contribution is -2.42. The van der Waals surface area contributed by atoms with Crippen LogP contribution in [0.3, 0.4) is 0 Å². The Bertz CT molecular complexity index is 300. The smallest absolute Gasteiger partial charge is 0.239 e. The van der Waals surface area contributed by atoms with Crippen molar-refractivity contribution >= 4 is 17.2 Å². The van der Waals surface area contributed by atoms with Gasteiger partial charge in [0.05, 0.1) is 17.2 Å². The summed E-state index contributed by atoms with van der Waals surface area (Å²) < 4.78 is 0. The van der Waals surface area contributed by atoms with Crippen LogP contribution in [0.2, 0.25) is 0 Å². The number of nitrogens with zero attached hydrogens (tertiary/aromatic N) is 2. The van der Waals surface area contributed by atoms with E-state index in [0.29, 0.717) is 6.54 Å². The van der Waals surface area contributed by atoms with Crippen molar-refractivity contribution in [1.29, 1.82) is 0 Å². The maximum atomic E-state index is 11.7. The molecule has 1 N–H and O–H groups in total. The molecule has 1 rings (SSSR count). The van der Waals surface area contributed by atoms with Gasteiger partial charge in [0.25, 0.3) is 0 Å². The first-order valence-corrected chi connectivity index (χ1v) is 5.94. The predicted octanol–water partition coefficient (Wildman–Crippen LogP) is 1.10. The Morgan fingerprint density at radius 1 is 1.73 bits per heavy atom. The van der Waals surface area contributed by atoms with Crippen molar-refractivity contribution in [2.24, 2.45) is 0 Å². The van der Waals surface area contributed by atoms with Gasteiger partial charge in [-0.05, 0) is 13.8 Å². The first-order chi connectivity index (χ1) is 7.15. The fourth-order valence-electron chi connectivity index (χ4n) is 1.16. The monoisotopic (exact) mass is 227 g/mol. The van der Waals surface area contributed by atoms with E-state index in [-0.39, 0.29) is 11.9 Å². The lowest BCUT2D eigenvalue weighted by Gasteiger charge is -2.20. The molecule has 1 amide bonds. The summed E-state index contributed by atoms with van der Waals surface area (Å²) in [5.41, 5.74) is 2.78. The van der Waals surface area contributed by atoms with Crippen molar-refractivity contribution in [2.45, 2.75) is 26.4 Å². The topological polar surface area (TPSA) is 45.2 Å². The molecular weight excluding hydrogens is 210 g/mol. The summed E-state index contributed by atoms with van der Waals surface area (Å²) in [6, 6.07) is -0.156. The normalized spacial score (nSPS) is 12.5. The zero-order valence-electron chi connectivity index (χ0n) is 9.36. The van der Waals surface area contributed by atoms with Gasteiger partial charge in [0.15, 0.2) is 0 Å². The van der Waals surface area contributed by atoms with E-state index < -0.39 is 0 Å². The molecular formula is C10H17N3OS. The number of thiazole rings is 1. The van der Waals surface area contributed by atoms with Gasteiger partial charge >= 0.3 is 0 Å². The molecule has 1 unspecified atom stereocenters. The lowest BCUT2D eigenvalue weighted by molar-refractivity contribution is -0.131. The highest BCUT2D eigenvalue weighted by Crippen LogP contribution is 2.01. The molecule has 0 bridgehead atoms. The average molecular weight is 227 g/mol. The molecule has 1 aromatic rings. The fraction of sp³-hybridized carbons (Fsp3) is 0.600. The SMILES string of the molecule is CCN(C)C(=O)C(C)NCc1cscn1. The molecule has 0 aliphatic carbocycles. The van der Waals surface area contributed by atoms with E-state index in [1.165, 1.54) is 0 Å². The van der Waals surface area contributed by atoms with Crippen LogP contribution in [0.4, 0.5) is 0 Å². The van der Waals surface area contributed by atoms with Crippen LogP contribution in [0.5, 0.6) is 0 Å². The Hall–Kier alpha value is -0.940. The zero-order chi connectivity index (χ0) is 11.3. The van der Waals surface area contributed by atoms with Crippen LogP contribution in [0, 0.1) is 0 Å². The first kappa shape index (κ1) is 12.1. The maximum absolute atomic E-state index is 11.7. The fourth-order valence-corrected chi connectivity index (χ4v) is 1.71. The van der Waals surface area contributed by atoms with Crippen LogP contribution >= 0.6 is 11.3 Å². The molecule has 15 heavy (non-hydrogen) atoms. The summed E-state index contributed by atoms with van der Waals surface area (Å²) in [5, 5.41) is 5.13. The van der Waals surface area contributed by atoms with Gasteiger partial charge in [-0.25, -0.2) is 4.98 Å². The maximum Gasteiger partial charge on any atom is 0.239 e. The number of carbonyl (C=O) groups is 1. The summed E-state index contributed by atoms with van der Waals surface area (Å²) in [4.78, 5) is 17.5. The van der Waals surface area contributed by atoms with Gasteiger partial charge in [-0.1, -0.05) is 0 Å². The van der Waals surface area contributed by atoms with Crippen molar-refractivity contribution in [3.63, 3.8) is 0 Å². The molecule has 0 spiro atoms. The van der Waals surface area contributed by atoms with E-state index in [2.05, 4.69) is 10.3 Å². The van der Waals surface area contributed by atoms with Gasteiger partial charge in [0, 0.05) is 25.5 Å². The van der Waals surface area contributed by atoms with Crippen LogP contribution in [-0.4, -0.2) is 35.4 Å². The number of hydrogen-bond acceptors (Lipinski definition) is 4. The van der Waals surface area contributed by atoms with Gasteiger partial charge in [0.1, 0.15) is 0 Å². The van der Waals surface area contributed by atoms with Crippen molar-refractivity contribution in [2.75, 3.05) is 13.6 Å². The highest BCUT2D eigenvalue weighted by molar-refractivity contribution is 7.07. The summed E-state index contributed by atoms with van der Waals surface area (Å²) in [5.74, 6) is 0.118. The molecule has 0 saturated carbocycles. The second-order valence-corrected chi connectivity index (χ2v) is 4.15. The number of aromatic nitrogens is 1. The molecule has 4 nitrogen and oxygen atoms in total. The van der Waals surface area contributed by atoms with Gasteiger partial charge in [-0.15, -0.1) is 11.3 Å². The van der Waals surface area contributed by atoms with E-state index in [4.69, 9.17) is 0 Å². The average Bonchev–Trinajstić information content (AvgIpc) is 2.76. The molecule has 5 heteroatoms. The third kappa shape index (κ3) is 3.60. The van der Waals surface area contributed by atoms with Gasteiger partial charge < -0.3 is 10.2 Å². The van der Waals surface area contributed by atoms with Gasteiger partial charge in [-0.3, -0.25) is 4.79 Å². The molecule has 1 atom stereocenters. The second kappa shape index (κ2) is 5.82. The van der Waals surface area contributed by atoms with Crippen molar-refractivity contribution in [3.8, 4) is 0 Å². The Kier molecular flexibility index (Phi) is 4.71. The molecule has 0 saturated heterocycles. The zero-order valence-corrected chi connectivity index (χ0v) is 10.2. The number of carbonyl (C=O) groups excluding carboxylic acids is 1. The number of rotatable bonds is 5. The number of amides is 1. The second-order valence-electron chi connectivity index (χ2n) is 3.43. The summed E-state index contributed by atoms with van der Waals surface area (Å²) >= 11 is 1.56. The van der Waals surface area contributed by atoms with E-state index >= 15 is 0 Å². The van der Waals surface area contributed by atoms with E-state index in [1.807, 2.05) is 26.3 Å². The van der Waals surface area contributed by atoms with Crippen LogP contribution in [0.25, 0.3) is 0 Å². The quantitative estimate of drug-likeness (QED) is 0.819. The van der Waals surface area contributed by atoms with E-state index in [1.54, 1.807) is 21.7 Å². The minimum atomic E-state index is -0.156. The highest BCUT2D eigenvalue weighted by Gasteiger charge is 2.15. The molecule has 0 fully saturated rings. The van der Waals surface area contributed by atoms with Crippen molar-refractivity contribution < 1.29 is 4.79 Å². The molecule has 0 aromatic carbocycles. The van der Waals surface area contributed by atoms with Crippen molar-refractivity contribution in [3.05, 3.63) is 16.6 Å². The largest absolute Gasteiger partial charge is 0.345 e. The molecule has 1 aromatic heterocycles. The summed E-state index contributed by atoms with van der Waals surface area (Å²) in [6.07, 6.45) is 0. The van der Waals surface area contributed by atoms with Crippen molar-refractivity contribution in [1.82, 2.24) is 15.2 Å². The van der Waals surface area contributed by atoms with Gasteiger partial charge in [-0.2, -0.15) is 0 Å². The molecule has 0 radical (unpaired) electrons. The van der Waals surface area contributed by atoms with E-state index in [0.717, 1.165) is 12.2 Å². The third-order valence-corrected chi connectivity index (χ3v) is 2.93. The Morgan fingerprint density at radius 2 is 2.47 bits per heavy atom. The Morgan fingerprint density at radius 3 is 3.00 bits per heavy atom. The minimum Gasteiger partial charge on any atom is -0.345 e. The molecule has 84 valence electrons. The van der Waals surface area contributed by atoms with Crippen LogP contribution in [0.15, 0.2) is 10.9 Å². The standard InChI is InChI=1S/C10H17N3OS/c1-4-13(3)10(14)8(2)11-5-9-6-15-7-12-9/h6-8,11H,4-5H2,1-3H3. The van der Waals surface area contributed by atoms with E-state index in [9.17, 15) is 4.79 Å². The van der Waals surface area contributed by atoms with Crippen LogP contribution < -0.4 is 5.32 Å². The highest BCUT2D eigenvalue weighted by atomic mass is 32.1. The Balaban J connectivity index is 2.35.